The van der Waals surface area contributed by atoms with Crippen molar-refractivity contribution in [1.29, 1.82) is 0 Å². The third-order valence-electron chi connectivity index (χ3n) is 6.32. The van der Waals surface area contributed by atoms with E-state index < -0.39 is 12.1 Å². The van der Waals surface area contributed by atoms with Crippen LogP contribution in [0.15, 0.2) is 24.3 Å². The van der Waals surface area contributed by atoms with Crippen LogP contribution in [0.3, 0.4) is 0 Å². The average Bonchev–Trinajstić information content (AvgIpc) is 2.72. The number of benzene rings is 1. The number of rotatable bonds is 6. The molecule has 2 fully saturated rings. The molecule has 0 aromatic heterocycles. The maximum atomic E-state index is 13.7. The average molecular weight is 511 g/mol. The van der Waals surface area contributed by atoms with Gasteiger partial charge in [-0.05, 0) is 67.3 Å². The van der Waals surface area contributed by atoms with Crippen molar-refractivity contribution in [1.82, 2.24) is 10.2 Å². The van der Waals surface area contributed by atoms with Crippen LogP contribution in [0.2, 0.25) is 0 Å². The quantitative estimate of drug-likeness (QED) is 0.562. The fourth-order valence-electron chi connectivity index (χ4n) is 4.80. The highest BCUT2D eigenvalue weighted by Crippen LogP contribution is 2.28. The van der Waals surface area contributed by atoms with Gasteiger partial charge in [0.15, 0.2) is 0 Å². The van der Waals surface area contributed by atoms with E-state index in [4.69, 9.17) is 5.73 Å². The molecule has 3 N–H and O–H groups in total. The molecule has 3 rings (SSSR count). The van der Waals surface area contributed by atoms with Gasteiger partial charge in [-0.1, -0.05) is 50.7 Å². The summed E-state index contributed by atoms with van der Waals surface area (Å²) < 4.78 is 0.909. The summed E-state index contributed by atoms with van der Waals surface area (Å²) in [5.41, 5.74) is 7.01. The van der Waals surface area contributed by atoms with E-state index >= 15 is 0 Å². The molecule has 0 saturated heterocycles. The van der Waals surface area contributed by atoms with Crippen LogP contribution in [0, 0.1) is 3.57 Å². The van der Waals surface area contributed by atoms with Crippen LogP contribution in [0.5, 0.6) is 0 Å². The molecule has 2 aliphatic rings. The second kappa shape index (κ2) is 10.8. The van der Waals surface area contributed by atoms with Gasteiger partial charge in [-0.25, -0.2) is 0 Å². The monoisotopic (exact) mass is 511 g/mol. The number of hydrogen-bond donors (Lipinski definition) is 2. The minimum atomic E-state index is -0.636. The van der Waals surface area contributed by atoms with Crippen molar-refractivity contribution in [3.8, 4) is 0 Å². The molecule has 1 aromatic rings. The maximum absolute atomic E-state index is 13.7. The lowest BCUT2D eigenvalue weighted by Crippen LogP contribution is -2.61. The Balaban J connectivity index is 1.89. The first-order valence-corrected chi connectivity index (χ1v) is 12.2. The molecule has 29 heavy (non-hydrogen) atoms. The fraction of sp³-hybridized carbons (Fsp3) is 0.652. The lowest BCUT2D eigenvalue weighted by Gasteiger charge is -2.41. The van der Waals surface area contributed by atoms with E-state index in [1.54, 1.807) is 0 Å². The Kier molecular flexibility index (Phi) is 8.35. The Morgan fingerprint density at radius 3 is 2.21 bits per heavy atom. The topological polar surface area (TPSA) is 75.4 Å². The highest BCUT2D eigenvalue weighted by Gasteiger charge is 2.39. The van der Waals surface area contributed by atoms with E-state index in [0.717, 1.165) is 54.9 Å². The summed E-state index contributed by atoms with van der Waals surface area (Å²) in [7, 11) is 0. The number of hydrogen-bond acceptors (Lipinski definition) is 3. The van der Waals surface area contributed by atoms with Gasteiger partial charge >= 0.3 is 0 Å². The first-order valence-electron chi connectivity index (χ1n) is 11.1. The van der Waals surface area contributed by atoms with Gasteiger partial charge < -0.3 is 16.0 Å². The van der Waals surface area contributed by atoms with Gasteiger partial charge in [0.1, 0.15) is 6.04 Å². The van der Waals surface area contributed by atoms with Crippen molar-refractivity contribution in [3.63, 3.8) is 0 Å². The number of nitrogens with two attached hydrogens (primary N) is 1. The van der Waals surface area contributed by atoms with Crippen LogP contribution in [-0.2, 0) is 4.79 Å². The highest BCUT2D eigenvalue weighted by molar-refractivity contribution is 14.1. The van der Waals surface area contributed by atoms with Crippen molar-refractivity contribution in [3.05, 3.63) is 33.4 Å². The first-order chi connectivity index (χ1) is 14.0. The summed E-state index contributed by atoms with van der Waals surface area (Å²) in [5.74, 6) is -0.153. The van der Waals surface area contributed by atoms with Gasteiger partial charge in [-0.3, -0.25) is 9.59 Å². The zero-order chi connectivity index (χ0) is 20.8. The third kappa shape index (κ3) is 5.72. The zero-order valence-corrected chi connectivity index (χ0v) is 19.6. The van der Waals surface area contributed by atoms with Crippen LogP contribution in [0.1, 0.15) is 81.5 Å². The Morgan fingerprint density at radius 1 is 1.03 bits per heavy atom. The molecule has 0 spiro atoms. The summed E-state index contributed by atoms with van der Waals surface area (Å²) >= 11 is 2.20. The molecule has 2 unspecified atom stereocenters. The van der Waals surface area contributed by atoms with Crippen LogP contribution >= 0.6 is 22.6 Å². The summed E-state index contributed by atoms with van der Waals surface area (Å²) in [5, 5.41) is 3.23. The summed E-state index contributed by atoms with van der Waals surface area (Å²) in [6.45, 7) is 1.85. The zero-order valence-electron chi connectivity index (χ0n) is 17.4. The minimum absolute atomic E-state index is 0.0667. The van der Waals surface area contributed by atoms with Crippen molar-refractivity contribution in [2.75, 3.05) is 0 Å². The SMILES string of the molecule is CC(N)C(C(=O)NC1CCCCC1)N(C(=O)c1ccccc1I)C1CCCCC1. The fourth-order valence-corrected chi connectivity index (χ4v) is 5.42. The molecule has 2 saturated carbocycles. The summed E-state index contributed by atoms with van der Waals surface area (Å²) in [4.78, 5) is 28.9. The predicted molar refractivity (Wildman–Crippen MR) is 125 cm³/mol. The predicted octanol–water partition coefficient (Wildman–Crippen LogP) is 4.23. The van der Waals surface area contributed by atoms with Crippen molar-refractivity contribution in [2.45, 2.75) is 95.3 Å². The molecule has 0 radical (unpaired) electrons. The van der Waals surface area contributed by atoms with Crippen molar-refractivity contribution >= 4 is 34.4 Å². The lowest BCUT2D eigenvalue weighted by atomic mass is 9.90. The maximum Gasteiger partial charge on any atom is 0.255 e. The Hall–Kier alpha value is -1.15. The molecule has 1 aromatic carbocycles. The van der Waals surface area contributed by atoms with Gasteiger partial charge in [0.2, 0.25) is 5.91 Å². The Labute approximate surface area is 188 Å². The Bertz CT molecular complexity index is 697. The van der Waals surface area contributed by atoms with E-state index in [0.29, 0.717) is 5.56 Å². The number of nitrogens with zero attached hydrogens (tertiary/aromatic N) is 1. The van der Waals surface area contributed by atoms with Gasteiger partial charge in [0.25, 0.3) is 5.91 Å². The summed E-state index contributed by atoms with van der Waals surface area (Å²) in [6.07, 6.45) is 10.8. The number of nitrogens with one attached hydrogen (secondary N) is 1. The normalized spacial score (nSPS) is 20.7. The number of carbonyl (C=O) groups is 2. The second-order valence-corrected chi connectivity index (χ2v) is 9.79. The van der Waals surface area contributed by atoms with E-state index in [1.165, 1.54) is 12.8 Å². The lowest BCUT2D eigenvalue weighted by molar-refractivity contribution is -0.128. The highest BCUT2D eigenvalue weighted by atomic mass is 127. The molecular weight excluding hydrogens is 477 g/mol. The molecule has 0 aliphatic heterocycles. The van der Waals surface area contributed by atoms with Gasteiger partial charge in [-0.15, -0.1) is 0 Å². The van der Waals surface area contributed by atoms with Gasteiger partial charge in [0, 0.05) is 21.7 Å². The second-order valence-electron chi connectivity index (χ2n) is 8.63. The number of carbonyl (C=O) groups excluding carboxylic acids is 2. The molecule has 5 nitrogen and oxygen atoms in total. The van der Waals surface area contributed by atoms with Crippen LogP contribution in [-0.4, -0.2) is 40.9 Å². The van der Waals surface area contributed by atoms with Crippen LogP contribution in [0.4, 0.5) is 0 Å². The standard InChI is InChI=1S/C23H34IN3O2/c1-16(25)21(22(28)26-17-10-4-2-5-11-17)27(18-12-6-3-7-13-18)23(29)19-14-8-9-15-20(19)24/h8-9,14-18,21H,2-7,10-13,25H2,1H3,(H,26,28). The molecule has 6 heteroatoms. The summed E-state index contributed by atoms with van der Waals surface area (Å²) in [6, 6.07) is 6.83. The smallest absolute Gasteiger partial charge is 0.255 e. The molecule has 2 aliphatic carbocycles. The van der Waals surface area contributed by atoms with E-state index in [1.807, 2.05) is 36.1 Å². The van der Waals surface area contributed by atoms with Crippen LogP contribution in [0.25, 0.3) is 0 Å². The number of amides is 2. The largest absolute Gasteiger partial charge is 0.352 e. The first kappa shape index (κ1) is 22.5. The van der Waals surface area contributed by atoms with E-state index in [9.17, 15) is 9.59 Å². The molecule has 2 amide bonds. The Morgan fingerprint density at radius 2 is 1.62 bits per heavy atom. The number of halogens is 1. The van der Waals surface area contributed by atoms with Crippen molar-refractivity contribution in [2.24, 2.45) is 5.73 Å². The molecule has 0 bridgehead atoms. The third-order valence-corrected chi connectivity index (χ3v) is 7.27. The van der Waals surface area contributed by atoms with E-state index in [2.05, 4.69) is 27.9 Å². The van der Waals surface area contributed by atoms with E-state index in [-0.39, 0.29) is 23.9 Å². The van der Waals surface area contributed by atoms with Crippen LogP contribution < -0.4 is 11.1 Å². The molecule has 2 atom stereocenters. The van der Waals surface area contributed by atoms with Crippen molar-refractivity contribution < 1.29 is 9.59 Å². The van der Waals surface area contributed by atoms with Gasteiger partial charge in [-0.2, -0.15) is 0 Å². The van der Waals surface area contributed by atoms with Gasteiger partial charge in [0.05, 0.1) is 5.56 Å². The molecular formula is C23H34IN3O2. The molecule has 160 valence electrons. The minimum Gasteiger partial charge on any atom is -0.352 e. The molecule has 0 heterocycles.